The van der Waals surface area contributed by atoms with Gasteiger partial charge in [0.05, 0.1) is 24.1 Å². The van der Waals surface area contributed by atoms with Crippen molar-refractivity contribution in [2.45, 2.75) is 33.4 Å². The summed E-state index contributed by atoms with van der Waals surface area (Å²) in [4.78, 5) is 16.8. The van der Waals surface area contributed by atoms with E-state index in [0.717, 1.165) is 33.8 Å². The van der Waals surface area contributed by atoms with Crippen molar-refractivity contribution in [1.82, 2.24) is 24.6 Å². The zero-order valence-corrected chi connectivity index (χ0v) is 17.5. The number of nitrogens with one attached hydrogen (secondary N) is 1. The van der Waals surface area contributed by atoms with E-state index in [0.29, 0.717) is 13.1 Å². The minimum Gasteiger partial charge on any atom is -0.352 e. The number of halogens is 1. The average Bonchev–Trinajstić information content (AvgIpc) is 3.37. The standard InChI is InChI=1S/C24H24FN5O/c1-17-23(18(2)30(28-17)22-9-7-21(25)8-10-22)13-24(31)27-14-19-5-3-4-6-20(19)15-29-12-11-26-16-29/h3-12,16H,13-15H2,1-2H3,(H,27,31). The van der Waals surface area contributed by atoms with Crippen molar-refractivity contribution in [2.75, 3.05) is 0 Å². The first-order valence-electron chi connectivity index (χ1n) is 10.1. The van der Waals surface area contributed by atoms with E-state index in [1.807, 2.05) is 42.8 Å². The van der Waals surface area contributed by atoms with E-state index >= 15 is 0 Å². The number of amides is 1. The van der Waals surface area contributed by atoms with Gasteiger partial charge < -0.3 is 9.88 Å². The second-order valence-corrected chi connectivity index (χ2v) is 7.49. The van der Waals surface area contributed by atoms with Crippen LogP contribution < -0.4 is 5.32 Å². The number of carbonyl (C=O) groups is 1. The first-order chi connectivity index (χ1) is 15.0. The number of aromatic nitrogens is 4. The van der Waals surface area contributed by atoms with E-state index in [1.165, 1.54) is 12.1 Å². The summed E-state index contributed by atoms with van der Waals surface area (Å²) >= 11 is 0. The second kappa shape index (κ2) is 8.95. The monoisotopic (exact) mass is 417 g/mol. The molecule has 4 aromatic rings. The molecular formula is C24H24FN5O. The Bertz CT molecular complexity index is 1180. The summed E-state index contributed by atoms with van der Waals surface area (Å²) in [5, 5.41) is 7.57. The maximum atomic E-state index is 13.2. The maximum absolute atomic E-state index is 13.2. The molecule has 6 nitrogen and oxygen atoms in total. The van der Waals surface area contributed by atoms with Gasteiger partial charge in [-0.05, 0) is 49.2 Å². The molecule has 0 aliphatic heterocycles. The summed E-state index contributed by atoms with van der Waals surface area (Å²) in [6.07, 6.45) is 5.68. The molecule has 1 N–H and O–H groups in total. The molecule has 4 rings (SSSR count). The van der Waals surface area contributed by atoms with Gasteiger partial charge in [0.15, 0.2) is 0 Å². The molecule has 0 atom stereocenters. The van der Waals surface area contributed by atoms with Crippen molar-refractivity contribution in [3.05, 3.63) is 101 Å². The summed E-state index contributed by atoms with van der Waals surface area (Å²) in [7, 11) is 0. The summed E-state index contributed by atoms with van der Waals surface area (Å²) in [5.41, 5.74) is 5.52. The van der Waals surface area contributed by atoms with Crippen molar-refractivity contribution in [3.8, 4) is 5.69 Å². The predicted molar refractivity (Wildman–Crippen MR) is 116 cm³/mol. The van der Waals surface area contributed by atoms with Gasteiger partial charge in [0, 0.05) is 36.7 Å². The van der Waals surface area contributed by atoms with Gasteiger partial charge in [-0.3, -0.25) is 4.79 Å². The summed E-state index contributed by atoms with van der Waals surface area (Å²) in [5.74, 6) is -0.361. The zero-order valence-electron chi connectivity index (χ0n) is 17.5. The number of hydrogen-bond donors (Lipinski definition) is 1. The quantitative estimate of drug-likeness (QED) is 0.498. The van der Waals surface area contributed by atoms with Crippen LogP contribution in [-0.2, 0) is 24.3 Å². The second-order valence-electron chi connectivity index (χ2n) is 7.49. The molecule has 0 saturated carbocycles. The Morgan fingerprint density at radius 1 is 1.06 bits per heavy atom. The summed E-state index contributed by atoms with van der Waals surface area (Å²) < 4.78 is 17.0. The molecule has 0 saturated heterocycles. The molecule has 31 heavy (non-hydrogen) atoms. The highest BCUT2D eigenvalue weighted by Crippen LogP contribution is 2.19. The van der Waals surface area contributed by atoms with E-state index in [4.69, 9.17) is 0 Å². The number of imidazole rings is 1. The van der Waals surface area contributed by atoms with E-state index in [1.54, 1.807) is 29.3 Å². The smallest absolute Gasteiger partial charge is 0.224 e. The molecule has 0 bridgehead atoms. The highest BCUT2D eigenvalue weighted by molar-refractivity contribution is 5.79. The zero-order chi connectivity index (χ0) is 21.8. The number of aryl methyl sites for hydroxylation is 1. The summed E-state index contributed by atoms with van der Waals surface area (Å²) in [6.45, 7) is 4.96. The number of hydrogen-bond acceptors (Lipinski definition) is 3. The molecule has 0 aliphatic rings. The van der Waals surface area contributed by atoms with Gasteiger partial charge in [0.1, 0.15) is 5.82 Å². The Morgan fingerprint density at radius 2 is 1.81 bits per heavy atom. The third-order valence-corrected chi connectivity index (χ3v) is 5.36. The predicted octanol–water partition coefficient (Wildman–Crippen LogP) is 3.73. The SMILES string of the molecule is Cc1nn(-c2ccc(F)cc2)c(C)c1CC(=O)NCc1ccccc1Cn1ccnc1. The lowest BCUT2D eigenvalue weighted by atomic mass is 10.1. The Kier molecular flexibility index (Phi) is 5.93. The van der Waals surface area contributed by atoms with Crippen LogP contribution in [0, 0.1) is 19.7 Å². The Hall–Kier alpha value is -3.74. The molecule has 2 heterocycles. The third kappa shape index (κ3) is 4.71. The Morgan fingerprint density at radius 3 is 2.52 bits per heavy atom. The van der Waals surface area contributed by atoms with Crippen molar-refractivity contribution in [1.29, 1.82) is 0 Å². The van der Waals surface area contributed by atoms with Crippen LogP contribution >= 0.6 is 0 Å². The van der Waals surface area contributed by atoms with Crippen LogP contribution in [0.25, 0.3) is 5.69 Å². The molecule has 0 fully saturated rings. The third-order valence-electron chi connectivity index (χ3n) is 5.36. The Labute approximate surface area is 180 Å². The van der Waals surface area contributed by atoms with Crippen LogP contribution in [0.5, 0.6) is 0 Å². The number of rotatable bonds is 7. The van der Waals surface area contributed by atoms with Gasteiger partial charge >= 0.3 is 0 Å². The average molecular weight is 417 g/mol. The fourth-order valence-electron chi connectivity index (χ4n) is 3.64. The van der Waals surface area contributed by atoms with Crippen LogP contribution in [0.3, 0.4) is 0 Å². The van der Waals surface area contributed by atoms with E-state index in [-0.39, 0.29) is 18.1 Å². The molecule has 0 radical (unpaired) electrons. The van der Waals surface area contributed by atoms with Gasteiger partial charge in [-0.1, -0.05) is 24.3 Å². The van der Waals surface area contributed by atoms with Gasteiger partial charge in [-0.2, -0.15) is 5.10 Å². The van der Waals surface area contributed by atoms with E-state index < -0.39 is 0 Å². The van der Waals surface area contributed by atoms with Crippen LogP contribution in [0.2, 0.25) is 0 Å². The van der Waals surface area contributed by atoms with Crippen LogP contribution in [0.1, 0.15) is 28.1 Å². The van der Waals surface area contributed by atoms with Gasteiger partial charge in [0.25, 0.3) is 0 Å². The van der Waals surface area contributed by atoms with Gasteiger partial charge in [-0.15, -0.1) is 0 Å². The first kappa shape index (κ1) is 20.5. The highest BCUT2D eigenvalue weighted by Gasteiger charge is 2.16. The molecule has 2 aromatic heterocycles. The Balaban J connectivity index is 1.44. The molecule has 158 valence electrons. The van der Waals surface area contributed by atoms with E-state index in [2.05, 4.69) is 21.5 Å². The lowest BCUT2D eigenvalue weighted by Crippen LogP contribution is -2.25. The summed E-state index contributed by atoms with van der Waals surface area (Å²) in [6, 6.07) is 14.2. The topological polar surface area (TPSA) is 64.7 Å². The van der Waals surface area contributed by atoms with E-state index in [9.17, 15) is 9.18 Å². The van der Waals surface area contributed by atoms with Crippen LogP contribution in [0.15, 0.2) is 67.3 Å². The number of benzene rings is 2. The van der Waals surface area contributed by atoms with Crippen molar-refractivity contribution < 1.29 is 9.18 Å². The number of carbonyl (C=O) groups excluding carboxylic acids is 1. The molecule has 2 aromatic carbocycles. The molecular weight excluding hydrogens is 393 g/mol. The fourth-order valence-corrected chi connectivity index (χ4v) is 3.64. The molecule has 1 amide bonds. The lowest BCUT2D eigenvalue weighted by Gasteiger charge is -2.11. The van der Waals surface area contributed by atoms with Crippen LogP contribution in [-0.4, -0.2) is 25.2 Å². The maximum Gasteiger partial charge on any atom is 0.224 e. The van der Waals surface area contributed by atoms with Gasteiger partial charge in [0.2, 0.25) is 5.91 Å². The van der Waals surface area contributed by atoms with Crippen molar-refractivity contribution >= 4 is 5.91 Å². The van der Waals surface area contributed by atoms with Crippen LogP contribution in [0.4, 0.5) is 4.39 Å². The highest BCUT2D eigenvalue weighted by atomic mass is 19.1. The normalized spacial score (nSPS) is 10.9. The molecule has 0 unspecified atom stereocenters. The largest absolute Gasteiger partial charge is 0.352 e. The minimum absolute atomic E-state index is 0.0673. The minimum atomic E-state index is -0.293. The van der Waals surface area contributed by atoms with Crippen molar-refractivity contribution in [3.63, 3.8) is 0 Å². The lowest BCUT2D eigenvalue weighted by molar-refractivity contribution is -0.120. The molecule has 0 spiro atoms. The fraction of sp³-hybridized carbons (Fsp3) is 0.208. The number of nitrogens with zero attached hydrogens (tertiary/aromatic N) is 4. The van der Waals surface area contributed by atoms with Crippen molar-refractivity contribution in [2.24, 2.45) is 0 Å². The first-order valence-corrected chi connectivity index (χ1v) is 10.1. The molecule has 7 heteroatoms. The molecule has 0 aliphatic carbocycles. The van der Waals surface area contributed by atoms with Gasteiger partial charge in [-0.25, -0.2) is 14.1 Å².